The van der Waals surface area contributed by atoms with E-state index in [4.69, 9.17) is 7.91 Å². The van der Waals surface area contributed by atoms with E-state index in [2.05, 4.69) is 0 Å². The van der Waals surface area contributed by atoms with E-state index in [-0.39, 0.29) is 37.0 Å². The predicted molar refractivity (Wildman–Crippen MR) is 14.6 cm³/mol. The first-order chi connectivity index (χ1) is 1.41. The number of hydrogen-bond donors (Lipinski definition) is 0. The first-order valence-corrected chi connectivity index (χ1v) is 2.45. The summed E-state index contributed by atoms with van der Waals surface area (Å²) in [4.78, 5) is 0. The van der Waals surface area contributed by atoms with Crippen molar-refractivity contribution in [2.24, 2.45) is 0 Å². The van der Waals surface area contributed by atoms with Crippen LogP contribution < -0.4 is 33.7 Å². The van der Waals surface area contributed by atoms with Gasteiger partial charge in [-0.2, -0.15) is 0 Å². The van der Waals surface area contributed by atoms with Crippen LogP contribution in [0.15, 0.2) is 0 Å². The van der Waals surface area contributed by atoms with Crippen molar-refractivity contribution in [1.82, 2.24) is 0 Å². The minimum atomic E-state index is -2.19. The first-order valence-electron chi connectivity index (χ1n) is 0.471. The summed E-state index contributed by atoms with van der Waals surface area (Å²) >= 11 is -2.19. The zero-order valence-corrected chi connectivity index (χ0v) is 6.82. The molecule has 0 amide bonds. The van der Waals surface area contributed by atoms with Crippen LogP contribution in [0, 0.1) is 0 Å². The monoisotopic (exact) mass is 146 g/mol. The molecule has 0 fully saturated rings. The van der Waals surface area contributed by atoms with Gasteiger partial charge in [0.15, 0.2) is 0 Å². The third kappa shape index (κ3) is 38.9. The Bertz CT molecular complexity index is 17.1. The van der Waals surface area contributed by atoms with Gasteiger partial charge < -0.3 is 0 Å². The van der Waals surface area contributed by atoms with Crippen LogP contribution in [-0.2, 0) is 3.78 Å². The van der Waals surface area contributed by atoms with Gasteiger partial charge in [0, 0.05) is 0 Å². The van der Waals surface area contributed by atoms with E-state index in [1.54, 1.807) is 0 Å². The molecule has 0 aromatic heterocycles. The molecule has 0 aliphatic heterocycles. The van der Waals surface area contributed by atoms with Crippen molar-refractivity contribution >= 4 is 15.7 Å². The van der Waals surface area contributed by atoms with Gasteiger partial charge in [-0.25, -0.2) is 0 Å². The summed E-state index contributed by atoms with van der Waals surface area (Å²) < 4.78 is 17.1. The summed E-state index contributed by atoms with van der Waals surface area (Å²) in [6.07, 6.45) is 0. The second kappa shape index (κ2) is 19.2. The van der Waals surface area contributed by atoms with E-state index in [0.29, 0.717) is 0 Å². The van der Waals surface area contributed by atoms with Crippen LogP contribution in [0.2, 0.25) is 0 Å². The quantitative estimate of drug-likeness (QED) is 0.323. The van der Waals surface area contributed by atoms with Crippen LogP contribution in [0.5, 0.6) is 0 Å². The Hall–Kier alpha value is 1.14. The Morgan fingerprint density at radius 1 is 1.60 bits per heavy atom. The van der Waals surface area contributed by atoms with E-state index >= 15 is 0 Å². The normalized spacial score (nSPS) is 2.40. The molecule has 26 valence electrons. The Kier molecular flexibility index (Phi) is 63.2. The van der Waals surface area contributed by atoms with Crippen molar-refractivity contribution in [2.75, 3.05) is 0 Å². The fourth-order valence-corrected chi connectivity index (χ4v) is 0. The van der Waals surface area contributed by atoms with Crippen LogP contribution in [0.4, 0.5) is 0 Å². The zero-order valence-electron chi connectivity index (χ0n) is 2.39. The fourth-order valence-electron chi connectivity index (χ4n) is 0. The van der Waals surface area contributed by atoms with E-state index < -0.39 is 15.7 Å². The molecule has 0 atom stereocenters. The zero-order chi connectivity index (χ0) is 2.71. The van der Waals surface area contributed by atoms with Gasteiger partial charge in [-0.05, 0) is 0 Å². The summed E-state index contributed by atoms with van der Waals surface area (Å²) in [7, 11) is 0. The third-order valence-electron chi connectivity index (χ3n) is 0. The van der Waals surface area contributed by atoms with Crippen molar-refractivity contribution in [2.45, 2.75) is 7.43 Å². The molecule has 0 aromatic rings. The molecule has 0 radical (unpaired) electrons. The van der Waals surface area contributed by atoms with Gasteiger partial charge in [-0.15, -0.1) is 0 Å². The first kappa shape index (κ1) is 16.4. The summed E-state index contributed by atoms with van der Waals surface area (Å²) in [5, 5.41) is 0. The second-order valence-electron chi connectivity index (χ2n) is 0.0962. The van der Waals surface area contributed by atoms with E-state index in [9.17, 15) is 0 Å². The molecular weight excluding hydrogens is 140 g/mol. The van der Waals surface area contributed by atoms with Crippen LogP contribution in [-0.4, -0.2) is 15.7 Å². The summed E-state index contributed by atoms with van der Waals surface area (Å²) in [5.74, 6) is 0. The molecule has 0 heterocycles. The molecule has 0 saturated carbocycles. The predicted octanol–water partition coefficient (Wildman–Crippen LogP) is -4.32. The fraction of sp³-hybridized carbons (Fsp3) is 1.00. The van der Waals surface area contributed by atoms with E-state index in [0.717, 1.165) is 0 Å². The van der Waals surface area contributed by atoms with Gasteiger partial charge in [0.05, 0.1) is 0 Å². The van der Waals surface area contributed by atoms with E-state index in [1.165, 1.54) is 0 Å². The molecule has 0 rings (SSSR count). The molecule has 0 bridgehead atoms. The molecular formula is CH5GeNaO2. The maximum atomic E-state index is 8.53. The van der Waals surface area contributed by atoms with Crippen LogP contribution >= 0.6 is 0 Å². The van der Waals surface area contributed by atoms with Crippen LogP contribution in [0.1, 0.15) is 7.43 Å². The van der Waals surface area contributed by atoms with Crippen LogP contribution in [0.3, 0.4) is 0 Å². The van der Waals surface area contributed by atoms with Gasteiger partial charge in [0.2, 0.25) is 0 Å². The minimum absolute atomic E-state index is 0. The molecule has 0 spiro atoms. The van der Waals surface area contributed by atoms with Gasteiger partial charge >= 0.3 is 53.2 Å². The SMILES string of the molecule is C.[Na+].[O]=[GeH][O-]. The van der Waals surface area contributed by atoms with Crippen molar-refractivity contribution in [3.8, 4) is 0 Å². The topological polar surface area (TPSA) is 40.1 Å². The van der Waals surface area contributed by atoms with Crippen molar-refractivity contribution in [3.63, 3.8) is 0 Å². The Morgan fingerprint density at radius 2 is 1.60 bits per heavy atom. The van der Waals surface area contributed by atoms with Crippen molar-refractivity contribution in [1.29, 1.82) is 0 Å². The average Bonchev–Trinajstić information content (AvgIpc) is 0.918. The summed E-state index contributed by atoms with van der Waals surface area (Å²) in [5.41, 5.74) is 0. The molecule has 4 heteroatoms. The van der Waals surface area contributed by atoms with Crippen molar-refractivity contribution < 1.29 is 37.5 Å². The molecule has 0 aliphatic carbocycles. The molecule has 2 nitrogen and oxygen atoms in total. The standard InChI is InChI=1S/CH4.GeHO2.Na/c;2-1-3;/h1H4;1H;/q;-1;+1. The van der Waals surface area contributed by atoms with Gasteiger partial charge in [-0.1, -0.05) is 7.43 Å². The number of hydrogen-bond acceptors (Lipinski definition) is 2. The third-order valence-corrected chi connectivity index (χ3v) is 0. The van der Waals surface area contributed by atoms with Gasteiger partial charge in [0.1, 0.15) is 0 Å². The molecule has 0 unspecified atom stereocenters. The van der Waals surface area contributed by atoms with Gasteiger partial charge in [0.25, 0.3) is 0 Å². The summed E-state index contributed by atoms with van der Waals surface area (Å²) in [6, 6.07) is 0. The number of rotatable bonds is 0. The maximum absolute atomic E-state index is 8.53. The molecule has 0 aliphatic rings. The van der Waals surface area contributed by atoms with Crippen LogP contribution in [0.25, 0.3) is 0 Å². The van der Waals surface area contributed by atoms with Crippen molar-refractivity contribution in [3.05, 3.63) is 0 Å². The van der Waals surface area contributed by atoms with Gasteiger partial charge in [-0.3, -0.25) is 0 Å². The molecule has 0 N–H and O–H groups in total. The molecule has 0 aromatic carbocycles. The second-order valence-corrected chi connectivity index (χ2v) is 0.500. The Labute approximate surface area is 60.3 Å². The molecule has 0 saturated heterocycles. The Morgan fingerprint density at radius 3 is 1.60 bits per heavy atom. The average molecular weight is 145 g/mol. The Balaban J connectivity index is -0.0000000200. The molecule has 5 heavy (non-hydrogen) atoms. The van der Waals surface area contributed by atoms with E-state index in [1.807, 2.05) is 0 Å². The summed E-state index contributed by atoms with van der Waals surface area (Å²) in [6.45, 7) is 0.